The first-order chi connectivity index (χ1) is 24.9. The molecule has 0 atom stereocenters. The number of hydrogen-bond acceptors (Lipinski definition) is 19. The van der Waals surface area contributed by atoms with Crippen LogP contribution in [0.5, 0.6) is 5.75 Å². The SMILES string of the molecule is C[N+](C)(C)c1ccc(Nc2nc(Cl)nc(Nc3ccc4cc(SOOO)c(N=Nc5ccc(S(=O)(=O)CCOSOOO)cc5)c(O)c4c3)n2)cc1. The summed E-state index contributed by atoms with van der Waals surface area (Å²) >= 11 is 7.06. The van der Waals surface area contributed by atoms with Crippen LogP contribution in [0.2, 0.25) is 5.28 Å². The van der Waals surface area contributed by atoms with Crippen molar-refractivity contribution >= 4 is 96.9 Å². The van der Waals surface area contributed by atoms with Gasteiger partial charge in [0.15, 0.2) is 27.9 Å². The number of phenolic OH excluding ortho intramolecular Hbond substituents is 1. The van der Waals surface area contributed by atoms with E-state index >= 15 is 0 Å². The van der Waals surface area contributed by atoms with E-state index in [9.17, 15) is 13.5 Å². The summed E-state index contributed by atoms with van der Waals surface area (Å²) in [5.41, 5.74) is 2.55. The molecule has 52 heavy (non-hydrogen) atoms. The molecule has 5 aromatic rings. The van der Waals surface area contributed by atoms with Crippen LogP contribution in [0.1, 0.15) is 0 Å². The van der Waals surface area contributed by atoms with Gasteiger partial charge < -0.3 is 15.7 Å². The molecule has 0 fully saturated rings. The largest absolute Gasteiger partial charge is 0.505 e. The van der Waals surface area contributed by atoms with Gasteiger partial charge in [-0.3, -0.25) is 8.67 Å². The Morgan fingerprint density at radius 3 is 2.15 bits per heavy atom. The summed E-state index contributed by atoms with van der Waals surface area (Å²) in [4.78, 5) is 13.0. The van der Waals surface area contributed by atoms with Gasteiger partial charge in [-0.05, 0) is 71.6 Å². The molecule has 1 heterocycles. The van der Waals surface area contributed by atoms with Crippen LogP contribution < -0.4 is 15.1 Å². The summed E-state index contributed by atoms with van der Waals surface area (Å²) in [7, 11) is 2.47. The Balaban J connectivity index is 1.37. The minimum absolute atomic E-state index is 0.00536. The quantitative estimate of drug-likeness (QED) is 0.0152. The number of nitrogens with zero attached hydrogens (tertiary/aromatic N) is 6. The highest BCUT2D eigenvalue weighted by molar-refractivity contribution is 7.94. The number of anilines is 4. The number of hydrogen-bond donors (Lipinski definition) is 5. The maximum absolute atomic E-state index is 12.6. The van der Waals surface area contributed by atoms with Crippen LogP contribution >= 0.6 is 36.0 Å². The summed E-state index contributed by atoms with van der Waals surface area (Å²) in [5, 5.41) is 50.7. The van der Waals surface area contributed by atoms with Gasteiger partial charge in [0.1, 0.15) is 11.4 Å². The van der Waals surface area contributed by atoms with Gasteiger partial charge in [0.2, 0.25) is 17.2 Å². The van der Waals surface area contributed by atoms with E-state index in [1.807, 2.05) is 24.3 Å². The molecule has 0 aliphatic heterocycles. The van der Waals surface area contributed by atoms with Crippen molar-refractivity contribution in [3.05, 3.63) is 78.1 Å². The molecule has 0 saturated carbocycles. The molecule has 0 bridgehead atoms. The van der Waals surface area contributed by atoms with E-state index in [2.05, 4.69) is 75.7 Å². The maximum atomic E-state index is 12.6. The molecular formula is C30H30ClN8O10S3+. The van der Waals surface area contributed by atoms with Gasteiger partial charge in [0.25, 0.3) is 0 Å². The molecule has 4 aromatic carbocycles. The molecule has 18 nitrogen and oxygen atoms in total. The van der Waals surface area contributed by atoms with Gasteiger partial charge in [-0.15, -0.1) is 13.8 Å². The smallest absolute Gasteiger partial charge is 0.233 e. The van der Waals surface area contributed by atoms with Gasteiger partial charge in [-0.2, -0.15) is 20.1 Å². The molecule has 274 valence electrons. The molecule has 5 N–H and O–H groups in total. The summed E-state index contributed by atoms with van der Waals surface area (Å²) in [6.07, 6.45) is 0. The van der Waals surface area contributed by atoms with E-state index in [0.717, 1.165) is 11.4 Å². The normalized spacial score (nSPS) is 12.1. The topological polar surface area (TPSA) is 228 Å². The highest BCUT2D eigenvalue weighted by Gasteiger charge is 2.18. The fourth-order valence-corrected chi connectivity index (χ4v) is 6.56. The molecule has 1 aromatic heterocycles. The van der Waals surface area contributed by atoms with Crippen LogP contribution in [0.15, 0.2) is 92.8 Å². The Labute approximate surface area is 310 Å². The number of fused-ring (bicyclic) bond motifs is 1. The van der Waals surface area contributed by atoms with Crippen molar-refractivity contribution < 1.29 is 47.0 Å². The predicted octanol–water partition coefficient (Wildman–Crippen LogP) is 7.69. The van der Waals surface area contributed by atoms with E-state index in [0.29, 0.717) is 33.0 Å². The molecule has 22 heteroatoms. The second-order valence-electron chi connectivity index (χ2n) is 11.3. The maximum Gasteiger partial charge on any atom is 0.233 e. The number of sulfone groups is 1. The third-order valence-electron chi connectivity index (χ3n) is 6.97. The van der Waals surface area contributed by atoms with Gasteiger partial charge in [-0.25, -0.2) is 18.9 Å². The minimum Gasteiger partial charge on any atom is -0.505 e. The Kier molecular flexibility index (Phi) is 13.1. The molecule has 0 aliphatic rings. The highest BCUT2D eigenvalue weighted by atomic mass is 35.5. The van der Waals surface area contributed by atoms with Crippen molar-refractivity contribution in [3.8, 4) is 5.75 Å². The fraction of sp³-hybridized carbons (Fsp3) is 0.167. The monoisotopic (exact) mass is 793 g/mol. The van der Waals surface area contributed by atoms with E-state index < -0.39 is 9.84 Å². The van der Waals surface area contributed by atoms with E-state index in [1.54, 1.807) is 24.3 Å². The lowest BCUT2D eigenvalue weighted by atomic mass is 10.1. The summed E-state index contributed by atoms with van der Waals surface area (Å²) < 4.78 is 39.3. The zero-order valence-electron chi connectivity index (χ0n) is 27.3. The minimum atomic E-state index is -3.73. The molecule has 0 aliphatic carbocycles. The van der Waals surface area contributed by atoms with Crippen molar-refractivity contribution in [2.24, 2.45) is 10.2 Å². The first kappa shape index (κ1) is 39.0. The van der Waals surface area contributed by atoms with Crippen LogP contribution in [-0.2, 0) is 32.8 Å². The van der Waals surface area contributed by atoms with Crippen LogP contribution in [0.25, 0.3) is 10.8 Å². The third kappa shape index (κ3) is 10.4. The highest BCUT2D eigenvalue weighted by Crippen LogP contribution is 2.44. The first-order valence-corrected chi connectivity index (χ1v) is 18.1. The van der Waals surface area contributed by atoms with Crippen molar-refractivity contribution in [1.82, 2.24) is 19.4 Å². The van der Waals surface area contributed by atoms with Gasteiger partial charge >= 0.3 is 0 Å². The van der Waals surface area contributed by atoms with Crippen molar-refractivity contribution in [3.63, 3.8) is 0 Å². The second-order valence-corrected chi connectivity index (χ2v) is 15.0. The number of halogens is 1. The number of benzene rings is 4. The molecule has 0 saturated heterocycles. The number of azo groups is 1. The van der Waals surface area contributed by atoms with Crippen LogP contribution in [0, 0.1) is 0 Å². The molecule has 0 spiro atoms. The number of phenols is 1. The molecular weight excluding hydrogens is 764 g/mol. The third-order valence-corrected chi connectivity index (χ3v) is 9.83. The van der Waals surface area contributed by atoms with Crippen molar-refractivity contribution in [1.29, 1.82) is 0 Å². The summed E-state index contributed by atoms with van der Waals surface area (Å²) in [6, 6.07) is 19.9. The zero-order valence-corrected chi connectivity index (χ0v) is 30.5. The van der Waals surface area contributed by atoms with Crippen molar-refractivity contribution in [2.45, 2.75) is 9.79 Å². The molecule has 0 unspecified atom stereocenters. The standard InChI is InChI=1S/C30H29ClN8O10S3/c1-39(2,3)22-10-6-19(7-11-22)32-29-34-28(31)35-30(36-29)33-21-5-4-18-16-25(50-48-46-41)26(27(40)24(18)17-21)38-37-20-8-12-23(13-9-20)52(43,44)15-14-45-51-49-47-42/h4-13,16-17H,14-15H2,1-3H3,(H4-,32,33,34,35,36,40,41,42)/p+1. The lowest BCUT2D eigenvalue weighted by Crippen LogP contribution is -2.34. The predicted molar refractivity (Wildman–Crippen MR) is 195 cm³/mol. The molecule has 0 radical (unpaired) electrons. The zero-order chi connectivity index (χ0) is 37.3. The van der Waals surface area contributed by atoms with E-state index in [-0.39, 0.29) is 68.8 Å². The number of nitrogens with one attached hydrogen (secondary N) is 2. The van der Waals surface area contributed by atoms with Gasteiger partial charge in [-0.1, -0.05) is 16.1 Å². The van der Waals surface area contributed by atoms with Crippen LogP contribution in [0.3, 0.4) is 0 Å². The van der Waals surface area contributed by atoms with Crippen LogP contribution in [-0.4, -0.2) is 72.5 Å². The Hall–Kier alpha value is -4.23. The Morgan fingerprint density at radius 1 is 0.846 bits per heavy atom. The first-order valence-electron chi connectivity index (χ1n) is 14.7. The van der Waals surface area contributed by atoms with Gasteiger partial charge in [0.05, 0.1) is 61.0 Å². The summed E-state index contributed by atoms with van der Waals surface area (Å²) in [5.74, 6) is -0.338. The second kappa shape index (κ2) is 17.5. The van der Waals surface area contributed by atoms with E-state index in [4.69, 9.17) is 26.3 Å². The molecule has 0 amide bonds. The van der Waals surface area contributed by atoms with Crippen molar-refractivity contribution in [2.75, 3.05) is 44.1 Å². The fourth-order valence-electron chi connectivity index (χ4n) is 4.50. The lowest BCUT2D eigenvalue weighted by Gasteiger charge is -2.23. The Bertz CT molecular complexity index is 2140. The average molecular weight is 794 g/mol. The number of aromatic nitrogens is 3. The van der Waals surface area contributed by atoms with Gasteiger partial charge in [0, 0.05) is 28.9 Å². The van der Waals surface area contributed by atoms with Crippen LogP contribution in [0.4, 0.5) is 40.3 Å². The number of quaternary nitrogens is 1. The Morgan fingerprint density at radius 2 is 1.50 bits per heavy atom. The summed E-state index contributed by atoms with van der Waals surface area (Å²) in [6.45, 7) is -0.246. The average Bonchev–Trinajstić information content (AvgIpc) is 3.10. The van der Waals surface area contributed by atoms with E-state index in [1.165, 1.54) is 24.3 Å². The number of aromatic hydroxyl groups is 1. The molecule has 5 rings (SSSR count). The lowest BCUT2D eigenvalue weighted by molar-refractivity contribution is -0.434. The number of rotatable bonds is 17.